The van der Waals surface area contributed by atoms with Gasteiger partial charge in [-0.3, -0.25) is 24.7 Å². The Morgan fingerprint density at radius 3 is 2.68 bits per heavy atom. The summed E-state index contributed by atoms with van der Waals surface area (Å²) >= 11 is 0. The average Bonchev–Trinajstić information content (AvgIpc) is 3.24. The van der Waals surface area contributed by atoms with Gasteiger partial charge in [-0.2, -0.15) is 18.3 Å². The zero-order valence-corrected chi connectivity index (χ0v) is 16.6. The van der Waals surface area contributed by atoms with E-state index in [1.54, 1.807) is 13.8 Å². The third kappa shape index (κ3) is 4.34. The van der Waals surface area contributed by atoms with Crippen LogP contribution in [0.3, 0.4) is 0 Å². The Bertz CT molecular complexity index is 1150. The van der Waals surface area contributed by atoms with Gasteiger partial charge in [-0.25, -0.2) is 0 Å². The quantitative estimate of drug-likeness (QED) is 0.448. The Balaban J connectivity index is 1.87. The van der Waals surface area contributed by atoms with Crippen molar-refractivity contribution < 1.29 is 27.6 Å². The summed E-state index contributed by atoms with van der Waals surface area (Å²) in [5, 5.41) is 23.9. The molecule has 0 bridgehead atoms. The van der Waals surface area contributed by atoms with E-state index in [0.717, 1.165) is 12.1 Å². The normalized spacial score (nSPS) is 11.4. The van der Waals surface area contributed by atoms with Crippen molar-refractivity contribution in [3.05, 3.63) is 62.6 Å². The number of ether oxygens (including phenoxy) is 1. The molecule has 2 heterocycles. The molecule has 0 radical (unpaired) electrons. The van der Waals surface area contributed by atoms with E-state index >= 15 is 0 Å². The maximum Gasteiger partial charge on any atom is 0.416 e. The third-order valence-electron chi connectivity index (χ3n) is 4.52. The lowest BCUT2D eigenvalue weighted by atomic mass is 10.1. The van der Waals surface area contributed by atoms with Crippen molar-refractivity contribution in [2.45, 2.75) is 26.6 Å². The molecular formula is C18H17F3N6O4. The number of nitro groups is 1. The van der Waals surface area contributed by atoms with Gasteiger partial charge < -0.3 is 10.1 Å². The molecule has 0 aliphatic heterocycles. The van der Waals surface area contributed by atoms with Crippen LogP contribution in [0.4, 0.5) is 24.5 Å². The van der Waals surface area contributed by atoms with Gasteiger partial charge >= 0.3 is 17.7 Å². The van der Waals surface area contributed by atoms with Crippen LogP contribution in [0, 0.1) is 24.0 Å². The fourth-order valence-corrected chi connectivity index (χ4v) is 3.02. The number of nitrogens with zero attached hydrogens (tertiary/aromatic N) is 4. The number of anilines is 1. The number of methoxy groups -OCH3 is 1. The molecule has 0 atom stereocenters. The first kappa shape index (κ1) is 21.8. The zero-order chi connectivity index (χ0) is 22.9. The standard InChI is InChI=1S/C18H17F3N6O4/c1-9-13(22-16(28)14-15(27(29)30)17(31-3)24-23-14)10(2)26(25-9)8-11-5-4-6-12(7-11)18(19,20)21/h4-7H,8H2,1-3H3,(H,22,28)(H,23,24). The van der Waals surface area contributed by atoms with Crippen molar-refractivity contribution >= 4 is 17.3 Å². The predicted octanol–water partition coefficient (Wildman–Crippen LogP) is 3.46. The Morgan fingerprint density at radius 2 is 2.06 bits per heavy atom. The van der Waals surface area contributed by atoms with E-state index < -0.39 is 34.0 Å². The highest BCUT2D eigenvalue weighted by Crippen LogP contribution is 2.31. The number of hydrogen-bond acceptors (Lipinski definition) is 6. The number of rotatable bonds is 6. The van der Waals surface area contributed by atoms with Gasteiger partial charge in [0.2, 0.25) is 5.69 Å². The highest BCUT2D eigenvalue weighted by Gasteiger charge is 2.32. The largest absolute Gasteiger partial charge is 0.475 e. The van der Waals surface area contributed by atoms with Gasteiger partial charge in [0.05, 0.1) is 41.2 Å². The number of alkyl halides is 3. The molecular weight excluding hydrogens is 421 g/mol. The third-order valence-corrected chi connectivity index (χ3v) is 4.52. The fourth-order valence-electron chi connectivity index (χ4n) is 3.02. The smallest absolute Gasteiger partial charge is 0.416 e. The summed E-state index contributed by atoms with van der Waals surface area (Å²) in [6.07, 6.45) is -4.47. The molecule has 3 aromatic rings. The molecule has 2 N–H and O–H groups in total. The molecule has 0 aliphatic rings. The lowest BCUT2D eigenvalue weighted by Crippen LogP contribution is -2.15. The molecule has 0 saturated heterocycles. The second-order valence-corrected chi connectivity index (χ2v) is 6.57. The van der Waals surface area contributed by atoms with Crippen molar-refractivity contribution in [1.82, 2.24) is 20.0 Å². The number of benzene rings is 1. The van der Waals surface area contributed by atoms with E-state index in [1.165, 1.54) is 23.9 Å². The van der Waals surface area contributed by atoms with Crippen LogP contribution >= 0.6 is 0 Å². The van der Waals surface area contributed by atoms with Crippen molar-refractivity contribution in [3.63, 3.8) is 0 Å². The molecule has 2 aromatic heterocycles. The number of aromatic nitrogens is 4. The Labute approximate surface area is 173 Å². The molecule has 0 unspecified atom stereocenters. The Morgan fingerprint density at radius 1 is 1.35 bits per heavy atom. The number of aromatic amines is 1. The van der Waals surface area contributed by atoms with E-state index in [9.17, 15) is 28.1 Å². The maximum atomic E-state index is 12.9. The van der Waals surface area contributed by atoms with Gasteiger partial charge in [-0.1, -0.05) is 12.1 Å². The van der Waals surface area contributed by atoms with E-state index in [-0.39, 0.29) is 18.1 Å². The number of carbonyl (C=O) groups is 1. The molecule has 0 saturated carbocycles. The van der Waals surface area contributed by atoms with Gasteiger partial charge in [0.25, 0.3) is 5.91 Å². The SMILES string of the molecule is COc1n[nH]c(C(=O)Nc2c(C)nn(Cc3cccc(C(F)(F)F)c3)c2C)c1[N+](=O)[O-]. The number of aryl methyl sites for hydroxylation is 1. The van der Waals surface area contributed by atoms with Gasteiger partial charge in [-0.05, 0) is 31.5 Å². The number of nitrogens with one attached hydrogen (secondary N) is 2. The molecule has 1 amide bonds. The lowest BCUT2D eigenvalue weighted by molar-refractivity contribution is -0.386. The van der Waals surface area contributed by atoms with Crippen LogP contribution in [0.5, 0.6) is 5.88 Å². The minimum absolute atomic E-state index is 0.0322. The van der Waals surface area contributed by atoms with Crippen molar-refractivity contribution in [1.29, 1.82) is 0 Å². The van der Waals surface area contributed by atoms with Crippen molar-refractivity contribution in [3.8, 4) is 5.88 Å². The summed E-state index contributed by atoms with van der Waals surface area (Å²) in [7, 11) is 1.18. The van der Waals surface area contributed by atoms with Crippen LogP contribution in [-0.4, -0.2) is 37.9 Å². The molecule has 1 aromatic carbocycles. The van der Waals surface area contributed by atoms with Crippen LogP contribution in [0.1, 0.15) is 33.0 Å². The van der Waals surface area contributed by atoms with Gasteiger partial charge in [0, 0.05) is 0 Å². The van der Waals surface area contributed by atoms with Crippen molar-refractivity contribution in [2.75, 3.05) is 12.4 Å². The van der Waals surface area contributed by atoms with Gasteiger partial charge in [0.15, 0.2) is 0 Å². The highest BCUT2D eigenvalue weighted by molar-refractivity contribution is 6.06. The topological polar surface area (TPSA) is 128 Å². The second kappa shape index (κ2) is 8.08. The molecule has 0 aliphatic carbocycles. The summed E-state index contributed by atoms with van der Waals surface area (Å²) in [4.78, 5) is 23.0. The minimum Gasteiger partial charge on any atom is -0.475 e. The monoisotopic (exact) mass is 438 g/mol. The fraction of sp³-hybridized carbons (Fsp3) is 0.278. The highest BCUT2D eigenvalue weighted by atomic mass is 19.4. The number of carbonyl (C=O) groups excluding carboxylic acids is 1. The first-order valence-corrected chi connectivity index (χ1v) is 8.81. The van der Waals surface area contributed by atoms with Crippen molar-refractivity contribution in [2.24, 2.45) is 0 Å². The van der Waals surface area contributed by atoms with E-state index in [1.807, 2.05) is 0 Å². The maximum absolute atomic E-state index is 12.9. The van der Waals surface area contributed by atoms with E-state index in [4.69, 9.17) is 4.74 Å². The van der Waals surface area contributed by atoms with Crippen LogP contribution in [0.2, 0.25) is 0 Å². The average molecular weight is 438 g/mol. The van der Waals surface area contributed by atoms with Crippen LogP contribution in [0.15, 0.2) is 24.3 Å². The van der Waals surface area contributed by atoms with Gasteiger partial charge in [0.1, 0.15) is 0 Å². The van der Waals surface area contributed by atoms with Gasteiger partial charge in [-0.15, -0.1) is 5.10 Å². The molecule has 164 valence electrons. The molecule has 0 fully saturated rings. The summed E-state index contributed by atoms with van der Waals surface area (Å²) in [6.45, 7) is 3.24. The van der Waals surface area contributed by atoms with E-state index in [2.05, 4.69) is 20.6 Å². The molecule has 3 rings (SSSR count). The minimum atomic E-state index is -4.47. The Kier molecular flexibility index (Phi) is 5.69. The summed E-state index contributed by atoms with van der Waals surface area (Å²) < 4.78 is 45.0. The number of hydrogen-bond donors (Lipinski definition) is 2. The molecule has 13 heteroatoms. The second-order valence-electron chi connectivity index (χ2n) is 6.57. The molecule has 0 spiro atoms. The van der Waals surface area contributed by atoms with Crippen LogP contribution < -0.4 is 10.1 Å². The zero-order valence-electron chi connectivity index (χ0n) is 16.6. The molecule has 10 nitrogen and oxygen atoms in total. The van der Waals surface area contributed by atoms with E-state index in [0.29, 0.717) is 17.0 Å². The summed E-state index contributed by atoms with van der Waals surface area (Å²) in [6, 6.07) is 4.83. The Hall–Kier alpha value is -3.90. The lowest BCUT2D eigenvalue weighted by Gasteiger charge is -2.10. The first-order chi connectivity index (χ1) is 14.5. The van der Waals surface area contributed by atoms with Crippen LogP contribution in [-0.2, 0) is 12.7 Å². The molecule has 31 heavy (non-hydrogen) atoms. The number of halogens is 3. The number of H-pyrrole nitrogens is 1. The predicted molar refractivity (Wildman–Crippen MR) is 102 cm³/mol. The first-order valence-electron chi connectivity index (χ1n) is 8.81. The van der Waals surface area contributed by atoms with Crippen LogP contribution in [0.25, 0.3) is 0 Å². The summed E-state index contributed by atoms with van der Waals surface area (Å²) in [5.41, 5.74) is -0.324. The number of amides is 1. The summed E-state index contributed by atoms with van der Waals surface area (Å²) in [5.74, 6) is -1.18.